The van der Waals surface area contributed by atoms with E-state index in [1.165, 1.54) is 0 Å². The van der Waals surface area contributed by atoms with Gasteiger partial charge < -0.3 is 15.9 Å². The van der Waals surface area contributed by atoms with Gasteiger partial charge in [0.1, 0.15) is 6.04 Å². The number of hydrogen-bond donors (Lipinski definition) is 3. The molecule has 4 nitrogen and oxygen atoms in total. The molecule has 0 spiro atoms. The second-order valence-corrected chi connectivity index (χ2v) is 1.13. The molecule has 4 N–H and O–H groups in total. The topological polar surface area (TPSA) is 83.5 Å². The van der Waals surface area contributed by atoms with Gasteiger partial charge in [0, 0.05) is 29.6 Å². The molecule has 0 saturated heterocycles. The summed E-state index contributed by atoms with van der Waals surface area (Å²) in [4.78, 5) is 9.65. The maximum atomic E-state index is 9.65. The van der Waals surface area contributed by atoms with Gasteiger partial charge in [-0.1, -0.05) is 0 Å². The Morgan fingerprint density at radius 2 is 2.12 bits per heavy atom. The van der Waals surface area contributed by atoms with Gasteiger partial charge in [-0.2, -0.15) is 0 Å². The van der Waals surface area contributed by atoms with Crippen LogP contribution in [0.4, 0.5) is 0 Å². The predicted octanol–water partition coefficient (Wildman–Crippen LogP) is -1.99. The molecule has 0 amide bonds. The number of rotatable bonds is 2. The van der Waals surface area contributed by atoms with Crippen LogP contribution in [-0.4, -0.2) is 58.4 Å². The first-order valence-corrected chi connectivity index (χ1v) is 1.77. The summed E-state index contributed by atoms with van der Waals surface area (Å²) in [5.74, 6) is -1.18. The normalized spacial score (nSPS) is 11.8. The van der Waals surface area contributed by atoms with Gasteiger partial charge in [-0.3, -0.25) is 4.79 Å². The van der Waals surface area contributed by atoms with Crippen LogP contribution in [-0.2, 0) is 4.79 Å². The van der Waals surface area contributed by atoms with Crippen LogP contribution < -0.4 is 5.73 Å². The molecular formula is C3H7NNaO3. The van der Waals surface area contributed by atoms with Crippen LogP contribution in [0, 0.1) is 0 Å². The molecule has 1 atom stereocenters. The summed E-state index contributed by atoms with van der Waals surface area (Å²) in [6.07, 6.45) is 0. The van der Waals surface area contributed by atoms with Crippen LogP contribution in [0.3, 0.4) is 0 Å². The van der Waals surface area contributed by atoms with Gasteiger partial charge in [-0.25, -0.2) is 0 Å². The second kappa shape index (κ2) is 5.53. The monoisotopic (exact) mass is 128 g/mol. The minimum Gasteiger partial charge on any atom is -0.480 e. The quantitative estimate of drug-likeness (QED) is 0.376. The summed E-state index contributed by atoms with van der Waals surface area (Å²) in [5.41, 5.74) is 4.77. The fraction of sp³-hybridized carbons (Fsp3) is 0.667. The summed E-state index contributed by atoms with van der Waals surface area (Å²) >= 11 is 0. The van der Waals surface area contributed by atoms with Gasteiger partial charge in [-0.15, -0.1) is 0 Å². The number of carboxylic acid groups (broad SMARTS) is 1. The Bertz CT molecular complexity index is 76.9. The van der Waals surface area contributed by atoms with Gasteiger partial charge in [0.05, 0.1) is 6.61 Å². The van der Waals surface area contributed by atoms with E-state index in [2.05, 4.69) is 0 Å². The van der Waals surface area contributed by atoms with E-state index >= 15 is 0 Å². The molecule has 0 heterocycles. The largest absolute Gasteiger partial charge is 0.480 e. The molecule has 1 unspecified atom stereocenters. The fourth-order valence-corrected chi connectivity index (χ4v) is 0.0781. The standard InChI is InChI=1S/C3H7NO3.Na/c4-2(1-5)3(6)7;/h2,5H,1,4H2,(H,6,7);. The van der Waals surface area contributed by atoms with Crippen molar-refractivity contribution in [3.8, 4) is 0 Å². The van der Waals surface area contributed by atoms with Gasteiger partial charge >= 0.3 is 5.97 Å². The minimum absolute atomic E-state index is 0. The van der Waals surface area contributed by atoms with Crippen LogP contribution in [0.15, 0.2) is 0 Å². The van der Waals surface area contributed by atoms with Crippen molar-refractivity contribution in [3.63, 3.8) is 0 Å². The Balaban J connectivity index is 0. The van der Waals surface area contributed by atoms with Gasteiger partial charge in [0.15, 0.2) is 0 Å². The molecule has 0 saturated carbocycles. The van der Waals surface area contributed by atoms with Crippen LogP contribution in [0.1, 0.15) is 0 Å². The van der Waals surface area contributed by atoms with Gasteiger partial charge in [-0.05, 0) is 0 Å². The Morgan fingerprint density at radius 3 is 2.12 bits per heavy atom. The molecule has 43 valence electrons. The Morgan fingerprint density at radius 1 is 1.75 bits per heavy atom. The van der Waals surface area contributed by atoms with Crippen LogP contribution in [0.25, 0.3) is 0 Å². The molecule has 0 aliphatic heterocycles. The Labute approximate surface area is 69.0 Å². The van der Waals surface area contributed by atoms with E-state index in [1.807, 2.05) is 0 Å². The Hall–Kier alpha value is 0.390. The van der Waals surface area contributed by atoms with E-state index in [0.29, 0.717) is 0 Å². The zero-order valence-electron chi connectivity index (χ0n) is 4.66. The summed E-state index contributed by atoms with van der Waals surface area (Å²) < 4.78 is 0. The second-order valence-electron chi connectivity index (χ2n) is 1.13. The van der Waals surface area contributed by atoms with Crippen molar-refractivity contribution < 1.29 is 15.0 Å². The van der Waals surface area contributed by atoms with Crippen molar-refractivity contribution in [2.75, 3.05) is 6.61 Å². The SMILES string of the molecule is NC(CO)C(=O)O.[Na]. The van der Waals surface area contributed by atoms with Crippen molar-refractivity contribution in [3.05, 3.63) is 0 Å². The smallest absolute Gasteiger partial charge is 0.322 e. The van der Waals surface area contributed by atoms with Gasteiger partial charge in [0.2, 0.25) is 0 Å². The zero-order chi connectivity index (χ0) is 5.86. The number of carbonyl (C=O) groups is 1. The Kier molecular flexibility index (Phi) is 7.75. The predicted molar refractivity (Wildman–Crippen MR) is 28.5 cm³/mol. The molecule has 0 bridgehead atoms. The molecule has 0 fully saturated rings. The van der Waals surface area contributed by atoms with E-state index in [1.54, 1.807) is 0 Å². The van der Waals surface area contributed by atoms with Crippen LogP contribution >= 0.6 is 0 Å². The summed E-state index contributed by atoms with van der Waals surface area (Å²) in [6, 6.07) is -1.13. The zero-order valence-corrected chi connectivity index (χ0v) is 6.66. The molecule has 0 aliphatic rings. The first kappa shape index (κ1) is 11.2. The molecule has 8 heavy (non-hydrogen) atoms. The van der Waals surface area contributed by atoms with Crippen molar-refractivity contribution in [2.24, 2.45) is 5.73 Å². The maximum Gasteiger partial charge on any atom is 0.322 e. The molecule has 0 rings (SSSR count). The number of carboxylic acids is 1. The van der Waals surface area contributed by atoms with E-state index in [0.717, 1.165) is 0 Å². The number of aliphatic carboxylic acids is 1. The van der Waals surface area contributed by atoms with Crippen molar-refractivity contribution in [2.45, 2.75) is 6.04 Å². The first-order valence-electron chi connectivity index (χ1n) is 1.77. The number of nitrogens with two attached hydrogens (primary N) is 1. The van der Waals surface area contributed by atoms with Crippen LogP contribution in [0.2, 0.25) is 0 Å². The van der Waals surface area contributed by atoms with Crippen molar-refractivity contribution in [1.82, 2.24) is 0 Å². The van der Waals surface area contributed by atoms with Crippen molar-refractivity contribution >= 4 is 35.5 Å². The number of aliphatic hydroxyl groups excluding tert-OH is 1. The molecule has 0 aromatic rings. The first-order chi connectivity index (χ1) is 3.18. The average molecular weight is 128 g/mol. The molecular weight excluding hydrogens is 121 g/mol. The third-order valence-corrected chi connectivity index (χ3v) is 0.514. The number of hydrogen-bond acceptors (Lipinski definition) is 3. The summed E-state index contributed by atoms with van der Waals surface area (Å²) in [7, 11) is 0. The van der Waals surface area contributed by atoms with E-state index in [4.69, 9.17) is 15.9 Å². The number of aliphatic hydroxyl groups is 1. The van der Waals surface area contributed by atoms with E-state index in [-0.39, 0.29) is 29.6 Å². The van der Waals surface area contributed by atoms with Crippen molar-refractivity contribution in [1.29, 1.82) is 0 Å². The maximum absolute atomic E-state index is 9.65. The van der Waals surface area contributed by atoms with Gasteiger partial charge in [0.25, 0.3) is 0 Å². The molecule has 0 aromatic heterocycles. The third-order valence-electron chi connectivity index (χ3n) is 0.514. The fourth-order valence-electron chi connectivity index (χ4n) is 0.0781. The average Bonchev–Trinajstić information content (AvgIpc) is 1.65. The minimum atomic E-state index is -1.18. The molecule has 5 heteroatoms. The van der Waals surface area contributed by atoms with E-state index in [9.17, 15) is 4.79 Å². The summed E-state index contributed by atoms with van der Waals surface area (Å²) in [6.45, 7) is -0.505. The molecule has 0 aliphatic carbocycles. The summed E-state index contributed by atoms with van der Waals surface area (Å²) in [5, 5.41) is 15.9. The molecule has 0 aromatic carbocycles. The molecule has 1 radical (unpaired) electrons. The third kappa shape index (κ3) is 4.55. The van der Waals surface area contributed by atoms with Crippen LogP contribution in [0.5, 0.6) is 0 Å². The van der Waals surface area contributed by atoms with E-state index < -0.39 is 18.6 Å².